The lowest BCUT2D eigenvalue weighted by Gasteiger charge is -2.33. The van der Waals surface area contributed by atoms with Crippen LogP contribution in [0.25, 0.3) is 10.9 Å². The zero-order valence-corrected chi connectivity index (χ0v) is 25.8. The van der Waals surface area contributed by atoms with Gasteiger partial charge < -0.3 is 15.0 Å². The molecule has 3 aromatic rings. The zero-order chi connectivity index (χ0) is 30.3. The Kier molecular flexibility index (Phi) is 10.7. The average Bonchev–Trinajstić information content (AvgIpc) is 2.93. The first-order chi connectivity index (χ1) is 19.9. The van der Waals surface area contributed by atoms with Crippen LogP contribution in [-0.4, -0.2) is 47.0 Å². The molecule has 0 radical (unpaired) electrons. The number of piperidine rings is 1. The van der Waals surface area contributed by atoms with Gasteiger partial charge in [0.05, 0.1) is 11.1 Å². The third-order valence-electron chi connectivity index (χ3n) is 7.51. The number of fused-ring (bicyclic) bond motifs is 1. The normalized spacial score (nSPS) is 14.8. The van der Waals surface area contributed by atoms with E-state index in [4.69, 9.17) is 4.74 Å². The van der Waals surface area contributed by atoms with Crippen LogP contribution in [0.3, 0.4) is 0 Å². The van der Waals surface area contributed by atoms with Gasteiger partial charge in [-0.3, -0.25) is 4.98 Å². The summed E-state index contributed by atoms with van der Waals surface area (Å²) in [6, 6.07) is 12.9. The lowest BCUT2D eigenvalue weighted by Crippen LogP contribution is -2.41. The van der Waals surface area contributed by atoms with Crippen molar-refractivity contribution < 1.29 is 22.7 Å². The van der Waals surface area contributed by atoms with Gasteiger partial charge in [-0.05, 0) is 107 Å². The Hall–Kier alpha value is -2.94. The summed E-state index contributed by atoms with van der Waals surface area (Å²) >= 11 is 1.69. The Balaban J connectivity index is 1.12. The molecule has 0 unspecified atom stereocenters. The molecule has 9 heteroatoms. The van der Waals surface area contributed by atoms with Crippen LogP contribution in [0.4, 0.5) is 23.7 Å². The molecule has 0 saturated carbocycles. The summed E-state index contributed by atoms with van der Waals surface area (Å²) in [5.41, 5.74) is 2.33. The van der Waals surface area contributed by atoms with Gasteiger partial charge >= 0.3 is 12.3 Å². The lowest BCUT2D eigenvalue weighted by molar-refractivity contribution is -0.137. The van der Waals surface area contributed by atoms with E-state index in [0.29, 0.717) is 17.0 Å². The SMILES string of the molecule is Cc1cc(C(F)(F)F)cc2nccc(SCCCCCCNc3ccc(C4CCN(C(=O)OC(C)(C)C)CC4)cc3)c12. The van der Waals surface area contributed by atoms with E-state index in [1.165, 1.54) is 11.6 Å². The third kappa shape index (κ3) is 9.03. The van der Waals surface area contributed by atoms with E-state index in [2.05, 4.69) is 34.6 Å². The summed E-state index contributed by atoms with van der Waals surface area (Å²) in [6.07, 6.45) is 3.25. The number of hydrogen-bond donors (Lipinski definition) is 1. The second-order valence-electron chi connectivity index (χ2n) is 12.0. The highest BCUT2D eigenvalue weighted by atomic mass is 32.2. The van der Waals surface area contributed by atoms with E-state index in [1.807, 2.05) is 31.7 Å². The van der Waals surface area contributed by atoms with Gasteiger partial charge in [-0.2, -0.15) is 13.2 Å². The summed E-state index contributed by atoms with van der Waals surface area (Å²) in [5.74, 6) is 1.38. The van der Waals surface area contributed by atoms with E-state index >= 15 is 0 Å². The number of unbranched alkanes of at least 4 members (excludes halogenated alkanes) is 3. The lowest BCUT2D eigenvalue weighted by atomic mass is 9.89. The van der Waals surface area contributed by atoms with E-state index in [1.54, 1.807) is 24.9 Å². The topological polar surface area (TPSA) is 54.5 Å². The van der Waals surface area contributed by atoms with E-state index < -0.39 is 17.3 Å². The smallest absolute Gasteiger partial charge is 0.416 e. The molecule has 1 aliphatic heterocycles. The number of aromatic nitrogens is 1. The first kappa shape index (κ1) is 32.0. The molecule has 4 rings (SSSR count). The fourth-order valence-corrected chi connectivity index (χ4v) is 6.47. The predicted octanol–water partition coefficient (Wildman–Crippen LogP) is 9.44. The average molecular weight is 602 g/mol. The van der Waals surface area contributed by atoms with Gasteiger partial charge in [0.25, 0.3) is 0 Å². The van der Waals surface area contributed by atoms with Gasteiger partial charge in [-0.15, -0.1) is 11.8 Å². The number of amides is 1. The second-order valence-corrected chi connectivity index (χ2v) is 13.2. The first-order valence-electron chi connectivity index (χ1n) is 14.8. The number of likely N-dealkylation sites (tertiary alicyclic amines) is 1. The summed E-state index contributed by atoms with van der Waals surface area (Å²) in [6.45, 7) is 9.76. The molecule has 42 heavy (non-hydrogen) atoms. The molecule has 1 fully saturated rings. The second kappa shape index (κ2) is 14.0. The zero-order valence-electron chi connectivity index (χ0n) is 25.0. The van der Waals surface area contributed by atoms with Crippen molar-refractivity contribution in [2.24, 2.45) is 0 Å². The predicted molar refractivity (Wildman–Crippen MR) is 165 cm³/mol. The summed E-state index contributed by atoms with van der Waals surface area (Å²) in [5, 5.41) is 4.33. The number of anilines is 1. The largest absolute Gasteiger partial charge is 0.444 e. The van der Waals surface area contributed by atoms with Crippen LogP contribution in [0.15, 0.2) is 53.6 Å². The number of aryl methyl sites for hydroxylation is 1. The minimum atomic E-state index is -4.37. The number of halogens is 3. The molecule has 2 heterocycles. The number of alkyl halides is 3. The summed E-state index contributed by atoms with van der Waals surface area (Å²) < 4.78 is 45.0. The van der Waals surface area contributed by atoms with Crippen molar-refractivity contribution in [1.29, 1.82) is 0 Å². The molecule has 2 aromatic carbocycles. The third-order valence-corrected chi connectivity index (χ3v) is 8.66. The number of rotatable bonds is 10. The van der Waals surface area contributed by atoms with Gasteiger partial charge in [0.2, 0.25) is 0 Å². The number of nitrogens with one attached hydrogen (secondary N) is 1. The van der Waals surface area contributed by atoms with Gasteiger partial charge in [-0.25, -0.2) is 4.79 Å². The van der Waals surface area contributed by atoms with Gasteiger partial charge in [-0.1, -0.05) is 25.0 Å². The Labute approximate surface area is 251 Å². The molecule has 0 aliphatic carbocycles. The number of ether oxygens (including phenoxy) is 1. The van der Waals surface area contributed by atoms with E-state index in [9.17, 15) is 18.0 Å². The highest BCUT2D eigenvalue weighted by Crippen LogP contribution is 2.36. The Morgan fingerprint density at radius 2 is 1.71 bits per heavy atom. The molecular formula is C33H42F3N3O2S. The molecule has 1 aromatic heterocycles. The van der Waals surface area contributed by atoms with Crippen LogP contribution < -0.4 is 5.32 Å². The standard InChI is InChI=1S/C33H42F3N3O2S/c1-23-21-26(33(34,35)36)22-28-30(23)29(13-17-38-28)42-20-8-6-5-7-16-37-27-11-9-24(10-12-27)25-14-18-39(19-15-25)31(40)41-32(2,3)4/h9-13,17,21-22,25,37H,5-8,14-16,18-20H2,1-4H3. The fourth-order valence-electron chi connectivity index (χ4n) is 5.33. The number of thioether (sulfide) groups is 1. The monoisotopic (exact) mass is 601 g/mol. The quantitative estimate of drug-likeness (QED) is 0.185. The maximum absolute atomic E-state index is 13.2. The van der Waals surface area contributed by atoms with Crippen molar-refractivity contribution in [1.82, 2.24) is 9.88 Å². The maximum atomic E-state index is 13.2. The van der Waals surface area contributed by atoms with Crippen LogP contribution in [-0.2, 0) is 10.9 Å². The molecular weight excluding hydrogens is 559 g/mol. The highest BCUT2D eigenvalue weighted by molar-refractivity contribution is 7.99. The molecule has 5 nitrogen and oxygen atoms in total. The Morgan fingerprint density at radius 3 is 2.38 bits per heavy atom. The number of hydrogen-bond acceptors (Lipinski definition) is 5. The van der Waals surface area contributed by atoms with Crippen molar-refractivity contribution in [3.05, 3.63) is 65.4 Å². The van der Waals surface area contributed by atoms with Crippen LogP contribution in [0.5, 0.6) is 0 Å². The van der Waals surface area contributed by atoms with Crippen molar-refractivity contribution in [2.45, 2.75) is 88.8 Å². The van der Waals surface area contributed by atoms with Gasteiger partial charge in [0, 0.05) is 41.8 Å². The minimum absolute atomic E-state index is 0.220. The van der Waals surface area contributed by atoms with Crippen molar-refractivity contribution in [2.75, 3.05) is 30.7 Å². The van der Waals surface area contributed by atoms with Crippen LogP contribution in [0, 0.1) is 6.92 Å². The maximum Gasteiger partial charge on any atom is 0.416 e. The Bertz CT molecular complexity index is 1330. The number of pyridine rings is 1. The molecule has 1 aliphatic rings. The van der Waals surface area contributed by atoms with E-state index in [-0.39, 0.29) is 6.09 Å². The summed E-state index contributed by atoms with van der Waals surface area (Å²) in [7, 11) is 0. The molecule has 228 valence electrons. The number of carbonyl (C=O) groups is 1. The van der Waals surface area contributed by atoms with E-state index in [0.717, 1.165) is 85.9 Å². The molecule has 0 spiro atoms. The van der Waals surface area contributed by atoms with Gasteiger partial charge in [0.15, 0.2) is 0 Å². The highest BCUT2D eigenvalue weighted by Gasteiger charge is 2.31. The van der Waals surface area contributed by atoms with Crippen LogP contribution >= 0.6 is 11.8 Å². The van der Waals surface area contributed by atoms with Crippen molar-refractivity contribution >= 4 is 34.4 Å². The Morgan fingerprint density at radius 1 is 1.02 bits per heavy atom. The van der Waals surface area contributed by atoms with Crippen molar-refractivity contribution in [3.8, 4) is 0 Å². The molecule has 1 saturated heterocycles. The van der Waals surface area contributed by atoms with Crippen LogP contribution in [0.2, 0.25) is 0 Å². The first-order valence-corrected chi connectivity index (χ1v) is 15.8. The summed E-state index contributed by atoms with van der Waals surface area (Å²) in [4.78, 5) is 19.3. The minimum Gasteiger partial charge on any atom is -0.444 e. The molecule has 1 N–H and O–H groups in total. The molecule has 0 bridgehead atoms. The number of carbonyl (C=O) groups excluding carboxylic acids is 1. The molecule has 0 atom stereocenters. The number of benzene rings is 2. The number of nitrogens with zero attached hydrogens (tertiary/aromatic N) is 2. The molecule has 1 amide bonds. The fraction of sp³-hybridized carbons (Fsp3) is 0.515. The van der Waals surface area contributed by atoms with Gasteiger partial charge in [0.1, 0.15) is 5.60 Å². The van der Waals surface area contributed by atoms with Crippen LogP contribution in [0.1, 0.15) is 81.9 Å². The van der Waals surface area contributed by atoms with Crippen molar-refractivity contribution in [3.63, 3.8) is 0 Å².